The second-order valence-electron chi connectivity index (χ2n) is 4.84. The van der Waals surface area contributed by atoms with E-state index in [9.17, 15) is 9.59 Å². The third-order valence-electron chi connectivity index (χ3n) is 3.15. The summed E-state index contributed by atoms with van der Waals surface area (Å²) in [6, 6.07) is 6.36. The Morgan fingerprint density at radius 3 is 2.96 bits per heavy atom. The molecule has 0 aliphatic heterocycles. The zero-order chi connectivity index (χ0) is 17.3. The standard InChI is InChI=1S/C15H11Cl2N3O3S/c1-8-18-14-10(4-5-24-14)15(22)20(8)19-13(21)7-23-12-6-9(16)2-3-11(12)17/h2-6H,7H2,1H3,(H,19,21). The molecule has 0 aliphatic carbocycles. The molecule has 1 aromatic carbocycles. The Labute approximate surface area is 150 Å². The van der Waals surface area contributed by atoms with E-state index in [1.165, 1.54) is 17.4 Å². The van der Waals surface area contributed by atoms with Gasteiger partial charge in [0.05, 0.1) is 10.4 Å². The van der Waals surface area contributed by atoms with Gasteiger partial charge in [-0.05, 0) is 30.5 Å². The highest BCUT2D eigenvalue weighted by molar-refractivity contribution is 7.16. The van der Waals surface area contributed by atoms with Crippen molar-refractivity contribution in [1.82, 2.24) is 9.66 Å². The predicted molar refractivity (Wildman–Crippen MR) is 94.9 cm³/mol. The molecule has 0 fully saturated rings. The molecule has 0 spiro atoms. The van der Waals surface area contributed by atoms with Crippen molar-refractivity contribution in [2.45, 2.75) is 6.92 Å². The van der Waals surface area contributed by atoms with Crippen LogP contribution < -0.4 is 15.7 Å². The van der Waals surface area contributed by atoms with Crippen LogP contribution in [0.1, 0.15) is 5.82 Å². The SMILES string of the molecule is Cc1nc2sccc2c(=O)n1NC(=O)COc1cc(Cl)ccc1Cl. The largest absolute Gasteiger partial charge is 0.482 e. The van der Waals surface area contributed by atoms with E-state index in [2.05, 4.69) is 10.4 Å². The lowest BCUT2D eigenvalue weighted by atomic mass is 10.3. The van der Waals surface area contributed by atoms with Crippen LogP contribution in [0.25, 0.3) is 10.2 Å². The molecule has 0 aliphatic rings. The van der Waals surface area contributed by atoms with E-state index in [0.29, 0.717) is 26.1 Å². The Hall–Kier alpha value is -2.09. The van der Waals surface area contributed by atoms with E-state index in [1.54, 1.807) is 30.5 Å². The number of rotatable bonds is 4. The fourth-order valence-corrected chi connectivity index (χ4v) is 3.17. The van der Waals surface area contributed by atoms with Crippen LogP contribution in [0.2, 0.25) is 10.0 Å². The first kappa shape index (κ1) is 16.8. The topological polar surface area (TPSA) is 73.2 Å². The molecule has 0 saturated heterocycles. The fraction of sp³-hybridized carbons (Fsp3) is 0.133. The van der Waals surface area contributed by atoms with Gasteiger partial charge in [0.25, 0.3) is 11.5 Å². The van der Waals surface area contributed by atoms with Crippen molar-refractivity contribution in [2.24, 2.45) is 0 Å². The Morgan fingerprint density at radius 2 is 2.17 bits per heavy atom. The molecule has 1 N–H and O–H groups in total. The lowest BCUT2D eigenvalue weighted by molar-refractivity contribution is -0.119. The lowest BCUT2D eigenvalue weighted by Crippen LogP contribution is -2.37. The molecule has 0 radical (unpaired) electrons. The van der Waals surface area contributed by atoms with E-state index in [-0.39, 0.29) is 17.9 Å². The number of ether oxygens (including phenoxy) is 1. The van der Waals surface area contributed by atoms with Gasteiger partial charge in [0.15, 0.2) is 6.61 Å². The summed E-state index contributed by atoms with van der Waals surface area (Å²) in [5.41, 5.74) is 2.13. The molecule has 0 unspecified atom stereocenters. The van der Waals surface area contributed by atoms with Crippen LogP contribution in [0.5, 0.6) is 5.75 Å². The summed E-state index contributed by atoms with van der Waals surface area (Å²) in [4.78, 5) is 29.3. The highest BCUT2D eigenvalue weighted by atomic mass is 35.5. The van der Waals surface area contributed by atoms with Gasteiger partial charge in [0.1, 0.15) is 16.4 Å². The summed E-state index contributed by atoms with van der Waals surface area (Å²) < 4.78 is 6.44. The van der Waals surface area contributed by atoms with Crippen molar-refractivity contribution < 1.29 is 9.53 Å². The number of fused-ring (bicyclic) bond motifs is 1. The molecule has 2 aromatic heterocycles. The minimum Gasteiger partial charge on any atom is -0.482 e. The Balaban J connectivity index is 1.76. The van der Waals surface area contributed by atoms with Crippen molar-refractivity contribution in [3.8, 4) is 5.75 Å². The van der Waals surface area contributed by atoms with Crippen molar-refractivity contribution in [3.63, 3.8) is 0 Å². The molecule has 3 rings (SSSR count). The summed E-state index contributed by atoms with van der Waals surface area (Å²) in [6.45, 7) is 1.31. The van der Waals surface area contributed by atoms with Crippen molar-refractivity contribution in [1.29, 1.82) is 0 Å². The summed E-state index contributed by atoms with van der Waals surface area (Å²) in [7, 11) is 0. The molecule has 0 atom stereocenters. The Bertz CT molecular complexity index is 984. The number of aryl methyl sites for hydroxylation is 1. The summed E-state index contributed by atoms with van der Waals surface area (Å²) in [5.74, 6) is 0.145. The zero-order valence-corrected chi connectivity index (χ0v) is 14.7. The molecule has 2 heterocycles. The average Bonchev–Trinajstić information content (AvgIpc) is 3.00. The number of carbonyl (C=O) groups is 1. The number of benzene rings is 1. The van der Waals surface area contributed by atoms with E-state index in [4.69, 9.17) is 27.9 Å². The van der Waals surface area contributed by atoms with Gasteiger partial charge in [-0.3, -0.25) is 15.0 Å². The second-order valence-corrected chi connectivity index (χ2v) is 6.58. The molecular weight excluding hydrogens is 373 g/mol. The zero-order valence-electron chi connectivity index (χ0n) is 12.4. The number of thiophene rings is 1. The van der Waals surface area contributed by atoms with Gasteiger partial charge in [0, 0.05) is 11.1 Å². The summed E-state index contributed by atoms with van der Waals surface area (Å²) >= 11 is 13.2. The number of halogens is 2. The van der Waals surface area contributed by atoms with E-state index in [1.807, 2.05) is 0 Å². The van der Waals surface area contributed by atoms with Crippen LogP contribution in [-0.2, 0) is 4.79 Å². The maximum atomic E-state index is 12.4. The first-order valence-electron chi connectivity index (χ1n) is 6.80. The maximum Gasteiger partial charge on any atom is 0.281 e. The van der Waals surface area contributed by atoms with Crippen LogP contribution in [0.15, 0.2) is 34.4 Å². The monoisotopic (exact) mass is 383 g/mol. The fourth-order valence-electron chi connectivity index (χ4n) is 2.03. The number of amides is 1. The molecule has 6 nitrogen and oxygen atoms in total. The average molecular weight is 384 g/mol. The van der Waals surface area contributed by atoms with Crippen molar-refractivity contribution in [2.75, 3.05) is 12.0 Å². The van der Waals surface area contributed by atoms with E-state index in [0.717, 1.165) is 4.68 Å². The van der Waals surface area contributed by atoms with Gasteiger partial charge in [-0.2, -0.15) is 0 Å². The molecule has 0 saturated carbocycles. The molecule has 3 aromatic rings. The number of aromatic nitrogens is 2. The minimum absolute atomic E-state index is 0.287. The van der Waals surface area contributed by atoms with Crippen LogP contribution >= 0.6 is 34.5 Å². The molecule has 0 bridgehead atoms. The minimum atomic E-state index is -0.521. The first-order valence-corrected chi connectivity index (χ1v) is 8.44. The van der Waals surface area contributed by atoms with Crippen molar-refractivity contribution >= 4 is 50.7 Å². The van der Waals surface area contributed by atoms with Gasteiger partial charge >= 0.3 is 0 Å². The number of carbonyl (C=O) groups excluding carboxylic acids is 1. The number of nitrogens with one attached hydrogen (secondary N) is 1. The van der Waals surface area contributed by atoms with E-state index < -0.39 is 5.91 Å². The molecule has 124 valence electrons. The van der Waals surface area contributed by atoms with Crippen LogP contribution in [0, 0.1) is 6.92 Å². The van der Waals surface area contributed by atoms with Crippen LogP contribution in [0.4, 0.5) is 0 Å². The van der Waals surface area contributed by atoms with Gasteiger partial charge in [-0.1, -0.05) is 23.2 Å². The Kier molecular flexibility index (Phi) is 4.75. The predicted octanol–water partition coefficient (Wildman–Crippen LogP) is 3.22. The third kappa shape index (κ3) is 3.38. The normalized spacial score (nSPS) is 10.8. The summed E-state index contributed by atoms with van der Waals surface area (Å²) in [6.07, 6.45) is 0. The number of hydrogen-bond donors (Lipinski definition) is 1. The molecule has 9 heteroatoms. The quantitative estimate of drug-likeness (QED) is 0.750. The molecule has 1 amide bonds. The highest BCUT2D eigenvalue weighted by Crippen LogP contribution is 2.27. The van der Waals surface area contributed by atoms with Gasteiger partial charge < -0.3 is 4.74 Å². The van der Waals surface area contributed by atoms with Crippen LogP contribution in [-0.4, -0.2) is 22.2 Å². The van der Waals surface area contributed by atoms with Gasteiger partial charge in [-0.15, -0.1) is 11.3 Å². The molecular formula is C15H11Cl2N3O3S. The summed E-state index contributed by atoms with van der Waals surface area (Å²) in [5, 5.41) is 3.00. The van der Waals surface area contributed by atoms with Gasteiger partial charge in [-0.25, -0.2) is 9.66 Å². The number of hydrogen-bond acceptors (Lipinski definition) is 5. The van der Waals surface area contributed by atoms with E-state index >= 15 is 0 Å². The van der Waals surface area contributed by atoms with Crippen molar-refractivity contribution in [3.05, 3.63) is 55.9 Å². The lowest BCUT2D eigenvalue weighted by Gasteiger charge is -2.12. The second kappa shape index (κ2) is 6.80. The van der Waals surface area contributed by atoms with Crippen LogP contribution in [0.3, 0.4) is 0 Å². The third-order valence-corrected chi connectivity index (χ3v) is 4.51. The number of nitrogens with zero attached hydrogens (tertiary/aromatic N) is 2. The van der Waals surface area contributed by atoms with Gasteiger partial charge in [0.2, 0.25) is 0 Å². The Morgan fingerprint density at radius 1 is 1.38 bits per heavy atom. The maximum absolute atomic E-state index is 12.4. The smallest absolute Gasteiger partial charge is 0.281 e. The first-order chi connectivity index (χ1) is 11.5. The molecule has 24 heavy (non-hydrogen) atoms. The highest BCUT2D eigenvalue weighted by Gasteiger charge is 2.12.